The lowest BCUT2D eigenvalue weighted by Gasteiger charge is -2.20. The number of rotatable bonds is 3. The van der Waals surface area contributed by atoms with Crippen LogP contribution in [0, 0.1) is 0 Å². The molecular weight excluding hydrogens is 162 g/mol. The summed E-state index contributed by atoms with van der Waals surface area (Å²) in [5.41, 5.74) is 5.41. The molecule has 2 heteroatoms. The zero-order chi connectivity index (χ0) is 9.90. The molecule has 72 valence electrons. The minimum absolute atomic E-state index is 0.159. The van der Waals surface area contributed by atoms with Gasteiger partial charge in [0, 0.05) is 5.41 Å². The van der Waals surface area contributed by atoms with Crippen LogP contribution < -0.4 is 10.5 Å². The molecule has 1 aromatic carbocycles. The molecule has 0 aromatic heterocycles. The van der Waals surface area contributed by atoms with Crippen molar-refractivity contribution in [1.29, 1.82) is 0 Å². The van der Waals surface area contributed by atoms with Gasteiger partial charge >= 0.3 is 0 Å². The summed E-state index contributed by atoms with van der Waals surface area (Å²) in [6.45, 7) is 5.29. The molecule has 0 heterocycles. The Bertz CT molecular complexity index is 264. The lowest BCUT2D eigenvalue weighted by molar-refractivity contribution is -0.380. The summed E-state index contributed by atoms with van der Waals surface area (Å²) in [7, 11) is 1.68. The first-order valence-corrected chi connectivity index (χ1v) is 4.54. The maximum atomic E-state index is 5.10. The highest BCUT2D eigenvalue weighted by Crippen LogP contribution is 2.23. The first-order chi connectivity index (χ1) is 6.10. The van der Waals surface area contributed by atoms with Crippen LogP contribution in [0.25, 0.3) is 0 Å². The van der Waals surface area contributed by atoms with Gasteiger partial charge in [0.25, 0.3) is 0 Å². The smallest absolute Gasteiger partial charge is 0.118 e. The van der Waals surface area contributed by atoms with E-state index in [0.717, 1.165) is 12.3 Å². The van der Waals surface area contributed by atoms with Crippen molar-refractivity contribution in [3.8, 4) is 5.75 Å². The molecule has 0 saturated carbocycles. The average molecular weight is 180 g/mol. The van der Waals surface area contributed by atoms with Gasteiger partial charge in [-0.3, -0.25) is 0 Å². The van der Waals surface area contributed by atoms with Gasteiger partial charge in [0.15, 0.2) is 0 Å². The summed E-state index contributed by atoms with van der Waals surface area (Å²) in [6.07, 6.45) is 0. The predicted octanol–water partition coefficient (Wildman–Crippen LogP) is 1.21. The predicted molar refractivity (Wildman–Crippen MR) is 53.8 cm³/mol. The first-order valence-electron chi connectivity index (χ1n) is 4.54. The molecule has 0 unspecified atom stereocenters. The monoisotopic (exact) mass is 180 g/mol. The van der Waals surface area contributed by atoms with E-state index in [1.165, 1.54) is 5.56 Å². The molecule has 3 N–H and O–H groups in total. The highest BCUT2D eigenvalue weighted by atomic mass is 16.5. The maximum absolute atomic E-state index is 5.10. The van der Waals surface area contributed by atoms with Gasteiger partial charge in [0.2, 0.25) is 0 Å². The Morgan fingerprint density at radius 3 is 2.15 bits per heavy atom. The molecular formula is C11H18NO+. The second kappa shape index (κ2) is 3.79. The maximum Gasteiger partial charge on any atom is 0.118 e. The van der Waals surface area contributed by atoms with Crippen LogP contribution in [0.2, 0.25) is 0 Å². The third-order valence-electron chi connectivity index (χ3n) is 2.50. The highest BCUT2D eigenvalue weighted by Gasteiger charge is 2.20. The van der Waals surface area contributed by atoms with Crippen molar-refractivity contribution in [2.24, 2.45) is 0 Å². The van der Waals surface area contributed by atoms with Gasteiger partial charge in [0.1, 0.15) is 5.75 Å². The number of hydrogen-bond acceptors (Lipinski definition) is 1. The van der Waals surface area contributed by atoms with Crippen LogP contribution in [0.5, 0.6) is 5.75 Å². The van der Waals surface area contributed by atoms with Crippen molar-refractivity contribution < 1.29 is 10.5 Å². The lowest BCUT2D eigenvalue weighted by atomic mass is 9.85. The Labute approximate surface area is 79.7 Å². The van der Waals surface area contributed by atoms with Crippen molar-refractivity contribution in [1.82, 2.24) is 0 Å². The zero-order valence-corrected chi connectivity index (χ0v) is 8.63. The molecule has 0 saturated heterocycles. The summed E-state index contributed by atoms with van der Waals surface area (Å²) in [5.74, 6) is 0.906. The van der Waals surface area contributed by atoms with Gasteiger partial charge in [-0.05, 0) is 17.7 Å². The van der Waals surface area contributed by atoms with E-state index in [0.29, 0.717) is 0 Å². The van der Waals surface area contributed by atoms with Crippen molar-refractivity contribution in [3.05, 3.63) is 29.8 Å². The largest absolute Gasteiger partial charge is 0.497 e. The number of benzene rings is 1. The van der Waals surface area contributed by atoms with E-state index in [1.807, 2.05) is 12.1 Å². The third kappa shape index (κ3) is 2.22. The molecule has 0 radical (unpaired) electrons. The Morgan fingerprint density at radius 1 is 1.23 bits per heavy atom. The third-order valence-corrected chi connectivity index (χ3v) is 2.50. The van der Waals surface area contributed by atoms with Crippen LogP contribution in [-0.4, -0.2) is 13.7 Å². The topological polar surface area (TPSA) is 36.9 Å². The molecule has 0 amide bonds. The van der Waals surface area contributed by atoms with Gasteiger partial charge < -0.3 is 10.5 Å². The Morgan fingerprint density at radius 2 is 1.77 bits per heavy atom. The molecule has 1 aromatic rings. The number of methoxy groups -OCH3 is 1. The Hall–Kier alpha value is -1.02. The quantitative estimate of drug-likeness (QED) is 0.746. The summed E-state index contributed by atoms with van der Waals surface area (Å²) < 4.78 is 5.10. The SMILES string of the molecule is COc1ccc(C(C)(C)C[NH3+])cc1. The van der Waals surface area contributed by atoms with E-state index >= 15 is 0 Å². The number of quaternary nitrogens is 1. The van der Waals surface area contributed by atoms with Crippen LogP contribution in [0.15, 0.2) is 24.3 Å². The van der Waals surface area contributed by atoms with Crippen molar-refractivity contribution >= 4 is 0 Å². The number of hydrogen-bond donors (Lipinski definition) is 1. The first kappa shape index (κ1) is 10.1. The molecule has 13 heavy (non-hydrogen) atoms. The highest BCUT2D eigenvalue weighted by molar-refractivity contribution is 5.31. The molecule has 0 aliphatic rings. The van der Waals surface area contributed by atoms with E-state index in [9.17, 15) is 0 Å². The summed E-state index contributed by atoms with van der Waals surface area (Å²) in [6, 6.07) is 8.19. The molecule has 2 nitrogen and oxygen atoms in total. The van der Waals surface area contributed by atoms with E-state index in [-0.39, 0.29) is 5.41 Å². The fraction of sp³-hybridized carbons (Fsp3) is 0.455. The second-order valence-electron chi connectivity index (χ2n) is 3.86. The molecule has 0 atom stereocenters. The van der Waals surface area contributed by atoms with Crippen LogP contribution in [0.3, 0.4) is 0 Å². The fourth-order valence-corrected chi connectivity index (χ4v) is 1.19. The van der Waals surface area contributed by atoms with Crippen LogP contribution >= 0.6 is 0 Å². The minimum Gasteiger partial charge on any atom is -0.497 e. The molecule has 0 aliphatic heterocycles. The van der Waals surface area contributed by atoms with Crippen molar-refractivity contribution in [2.45, 2.75) is 19.3 Å². The van der Waals surface area contributed by atoms with Gasteiger partial charge in [-0.25, -0.2) is 0 Å². The minimum atomic E-state index is 0.159. The normalized spacial score (nSPS) is 11.4. The van der Waals surface area contributed by atoms with Crippen molar-refractivity contribution in [2.75, 3.05) is 13.7 Å². The summed E-state index contributed by atoms with van der Waals surface area (Å²) in [4.78, 5) is 0. The van der Waals surface area contributed by atoms with E-state index in [2.05, 4.69) is 31.7 Å². The van der Waals surface area contributed by atoms with Crippen LogP contribution in [0.4, 0.5) is 0 Å². The molecule has 0 spiro atoms. The lowest BCUT2D eigenvalue weighted by Crippen LogP contribution is -2.58. The number of ether oxygens (including phenoxy) is 1. The fourth-order valence-electron chi connectivity index (χ4n) is 1.19. The zero-order valence-electron chi connectivity index (χ0n) is 8.63. The van der Waals surface area contributed by atoms with Gasteiger partial charge in [-0.15, -0.1) is 0 Å². The molecule has 0 fully saturated rings. The Kier molecular flexibility index (Phi) is 2.94. The van der Waals surface area contributed by atoms with Gasteiger partial charge in [-0.2, -0.15) is 0 Å². The van der Waals surface area contributed by atoms with Crippen LogP contribution in [-0.2, 0) is 5.41 Å². The van der Waals surface area contributed by atoms with Gasteiger partial charge in [0.05, 0.1) is 13.7 Å². The van der Waals surface area contributed by atoms with E-state index in [1.54, 1.807) is 7.11 Å². The van der Waals surface area contributed by atoms with E-state index < -0.39 is 0 Å². The van der Waals surface area contributed by atoms with Gasteiger partial charge in [-0.1, -0.05) is 26.0 Å². The standard InChI is InChI=1S/C11H17NO/c1-11(2,8-12)9-4-6-10(13-3)7-5-9/h4-7H,8,12H2,1-3H3/p+1. The molecule has 0 bridgehead atoms. The summed E-state index contributed by atoms with van der Waals surface area (Å²) >= 11 is 0. The molecule has 0 aliphatic carbocycles. The summed E-state index contributed by atoms with van der Waals surface area (Å²) in [5, 5.41) is 0. The van der Waals surface area contributed by atoms with E-state index in [4.69, 9.17) is 4.74 Å². The average Bonchev–Trinajstić information content (AvgIpc) is 2.18. The van der Waals surface area contributed by atoms with Crippen LogP contribution in [0.1, 0.15) is 19.4 Å². The van der Waals surface area contributed by atoms with Crippen molar-refractivity contribution in [3.63, 3.8) is 0 Å². The molecule has 1 rings (SSSR count). The second-order valence-corrected chi connectivity index (χ2v) is 3.86. The Balaban J connectivity index is 2.92.